The van der Waals surface area contributed by atoms with Crippen LogP contribution >= 0.6 is 0 Å². The minimum Gasteiger partial charge on any atom is -0.441 e. The number of amides is 1. The predicted molar refractivity (Wildman–Crippen MR) is 94.5 cm³/mol. The van der Waals surface area contributed by atoms with Crippen molar-refractivity contribution in [1.82, 2.24) is 4.98 Å². The van der Waals surface area contributed by atoms with E-state index in [1.807, 2.05) is 31.2 Å². The van der Waals surface area contributed by atoms with E-state index in [1.165, 1.54) is 19.3 Å². The average Bonchev–Trinajstić information content (AvgIpc) is 3.03. The summed E-state index contributed by atoms with van der Waals surface area (Å²) in [6.45, 7) is 2.40. The Hall–Kier alpha value is -2.14. The second kappa shape index (κ2) is 7.18. The number of hydrogen-bond donors (Lipinski definition) is 2. The summed E-state index contributed by atoms with van der Waals surface area (Å²) < 4.78 is 5.51. The highest BCUT2D eigenvalue weighted by Gasteiger charge is 2.32. The Kier molecular flexibility index (Phi) is 5.00. The van der Waals surface area contributed by atoms with Crippen LogP contribution in [0.5, 0.6) is 0 Å². The van der Waals surface area contributed by atoms with Gasteiger partial charge in [0.25, 0.3) is 0 Å². The van der Waals surface area contributed by atoms with Crippen molar-refractivity contribution in [3.05, 3.63) is 36.4 Å². The van der Waals surface area contributed by atoms with E-state index in [-0.39, 0.29) is 11.3 Å². The van der Waals surface area contributed by atoms with Crippen molar-refractivity contribution >= 4 is 11.6 Å². The summed E-state index contributed by atoms with van der Waals surface area (Å²) in [6.07, 6.45) is 7.93. The summed E-state index contributed by atoms with van der Waals surface area (Å²) in [5.41, 5.74) is 7.69. The number of carbonyl (C=O) groups is 1. The summed E-state index contributed by atoms with van der Waals surface area (Å²) in [4.78, 5) is 16.5. The number of hydrogen-bond acceptors (Lipinski definition) is 4. The van der Waals surface area contributed by atoms with Crippen molar-refractivity contribution in [2.24, 2.45) is 11.1 Å². The van der Waals surface area contributed by atoms with Crippen LogP contribution < -0.4 is 11.1 Å². The molecule has 3 rings (SSSR count). The molecule has 1 saturated carbocycles. The zero-order valence-electron chi connectivity index (χ0n) is 14.2. The Bertz CT molecular complexity index is 685. The minimum absolute atomic E-state index is 0.0142. The Morgan fingerprint density at radius 2 is 1.96 bits per heavy atom. The van der Waals surface area contributed by atoms with Gasteiger partial charge in [0.2, 0.25) is 5.91 Å². The molecule has 5 heteroatoms. The molecule has 5 nitrogen and oxygen atoms in total. The molecule has 0 radical (unpaired) electrons. The van der Waals surface area contributed by atoms with Crippen LogP contribution in [0.1, 0.15) is 44.4 Å². The van der Waals surface area contributed by atoms with E-state index in [1.54, 1.807) is 6.20 Å². The highest BCUT2D eigenvalue weighted by molar-refractivity contribution is 5.91. The summed E-state index contributed by atoms with van der Waals surface area (Å²) in [5, 5.41) is 2.99. The third-order valence-electron chi connectivity index (χ3n) is 4.96. The van der Waals surface area contributed by atoms with Gasteiger partial charge >= 0.3 is 0 Å². The van der Waals surface area contributed by atoms with Crippen LogP contribution in [0, 0.1) is 12.3 Å². The number of benzene rings is 1. The molecular formula is C19H25N3O2. The molecule has 1 aromatic heterocycles. The molecule has 0 atom stereocenters. The molecule has 128 valence electrons. The summed E-state index contributed by atoms with van der Waals surface area (Å²) >= 11 is 0. The normalized spacial score (nSPS) is 16.8. The number of nitrogens with two attached hydrogens (primary N) is 1. The van der Waals surface area contributed by atoms with Gasteiger partial charge in [0, 0.05) is 24.6 Å². The lowest BCUT2D eigenvalue weighted by Gasteiger charge is -2.35. The van der Waals surface area contributed by atoms with Crippen molar-refractivity contribution in [1.29, 1.82) is 0 Å². The van der Waals surface area contributed by atoms with Crippen molar-refractivity contribution in [2.75, 3.05) is 11.9 Å². The molecule has 1 aliphatic rings. The van der Waals surface area contributed by atoms with Gasteiger partial charge in [-0.3, -0.25) is 4.79 Å². The van der Waals surface area contributed by atoms with Gasteiger partial charge in [-0.2, -0.15) is 0 Å². The number of anilines is 1. The number of oxazole rings is 1. The standard InChI is InChI=1S/C19H25N3O2/c1-14-21-12-17(24-14)15-5-7-16(8-6-15)22-18(23)11-19(13-20)9-3-2-4-10-19/h5-8,12H,2-4,9-11,13,20H2,1H3,(H,22,23). The number of carbonyl (C=O) groups excluding carboxylic acids is 1. The van der Waals surface area contributed by atoms with E-state index in [4.69, 9.17) is 10.2 Å². The van der Waals surface area contributed by atoms with E-state index in [9.17, 15) is 4.79 Å². The molecule has 0 aliphatic heterocycles. The Labute approximate surface area is 142 Å². The van der Waals surface area contributed by atoms with Crippen LogP contribution in [-0.2, 0) is 4.79 Å². The fourth-order valence-electron chi connectivity index (χ4n) is 3.51. The van der Waals surface area contributed by atoms with Gasteiger partial charge in [-0.1, -0.05) is 19.3 Å². The number of aryl methyl sites for hydroxylation is 1. The maximum atomic E-state index is 12.4. The van der Waals surface area contributed by atoms with E-state index >= 15 is 0 Å². The quantitative estimate of drug-likeness (QED) is 0.873. The van der Waals surface area contributed by atoms with E-state index < -0.39 is 0 Å². The molecule has 1 aliphatic carbocycles. The van der Waals surface area contributed by atoms with Gasteiger partial charge in [0.15, 0.2) is 11.7 Å². The van der Waals surface area contributed by atoms with E-state index in [0.717, 1.165) is 29.9 Å². The summed E-state index contributed by atoms with van der Waals surface area (Å²) in [5.74, 6) is 1.42. The monoisotopic (exact) mass is 327 g/mol. The molecule has 3 N–H and O–H groups in total. The van der Waals surface area contributed by atoms with Crippen molar-refractivity contribution in [3.8, 4) is 11.3 Å². The number of nitrogens with one attached hydrogen (secondary N) is 1. The van der Waals surface area contributed by atoms with Crippen molar-refractivity contribution in [3.63, 3.8) is 0 Å². The zero-order chi connectivity index (χ0) is 17.0. The van der Waals surface area contributed by atoms with Crippen LogP contribution in [0.4, 0.5) is 5.69 Å². The topological polar surface area (TPSA) is 81.2 Å². The minimum atomic E-state index is -0.0142. The lowest BCUT2D eigenvalue weighted by molar-refractivity contribution is -0.118. The predicted octanol–water partition coefficient (Wildman–Crippen LogP) is 3.89. The maximum absolute atomic E-state index is 12.4. The largest absolute Gasteiger partial charge is 0.441 e. The average molecular weight is 327 g/mol. The molecule has 2 aromatic rings. The van der Waals surface area contributed by atoms with Gasteiger partial charge in [0.05, 0.1) is 6.20 Å². The van der Waals surface area contributed by atoms with Crippen molar-refractivity contribution < 1.29 is 9.21 Å². The van der Waals surface area contributed by atoms with Gasteiger partial charge in [0.1, 0.15) is 0 Å². The van der Waals surface area contributed by atoms with Crippen LogP contribution in [0.3, 0.4) is 0 Å². The second-order valence-electron chi connectivity index (χ2n) is 6.81. The SMILES string of the molecule is Cc1ncc(-c2ccc(NC(=O)CC3(CN)CCCCC3)cc2)o1. The van der Waals surface area contributed by atoms with Crippen LogP contribution in [0.2, 0.25) is 0 Å². The maximum Gasteiger partial charge on any atom is 0.224 e. The van der Waals surface area contributed by atoms with Crippen LogP contribution in [0.15, 0.2) is 34.9 Å². The Balaban J connectivity index is 1.62. The van der Waals surface area contributed by atoms with Gasteiger partial charge in [-0.15, -0.1) is 0 Å². The van der Waals surface area contributed by atoms with Crippen molar-refractivity contribution in [2.45, 2.75) is 45.4 Å². The number of nitrogens with zero attached hydrogens (tertiary/aromatic N) is 1. The number of aromatic nitrogens is 1. The first-order valence-corrected chi connectivity index (χ1v) is 8.63. The highest BCUT2D eigenvalue weighted by atomic mass is 16.4. The fourth-order valence-corrected chi connectivity index (χ4v) is 3.51. The Morgan fingerprint density at radius 1 is 1.25 bits per heavy atom. The summed E-state index contributed by atoms with van der Waals surface area (Å²) in [7, 11) is 0. The Morgan fingerprint density at radius 3 is 2.54 bits per heavy atom. The van der Waals surface area contributed by atoms with Gasteiger partial charge in [-0.25, -0.2) is 4.98 Å². The number of rotatable bonds is 5. The van der Waals surface area contributed by atoms with Gasteiger partial charge < -0.3 is 15.5 Å². The van der Waals surface area contributed by atoms with Crippen LogP contribution in [0.25, 0.3) is 11.3 Å². The first kappa shape index (κ1) is 16.7. The lowest BCUT2D eigenvalue weighted by atomic mass is 9.71. The third-order valence-corrected chi connectivity index (χ3v) is 4.96. The summed E-state index contributed by atoms with van der Waals surface area (Å²) in [6, 6.07) is 7.63. The smallest absolute Gasteiger partial charge is 0.224 e. The molecule has 0 bridgehead atoms. The molecule has 1 heterocycles. The second-order valence-corrected chi connectivity index (χ2v) is 6.81. The molecule has 1 fully saturated rings. The molecule has 0 saturated heterocycles. The molecule has 0 unspecified atom stereocenters. The van der Waals surface area contributed by atoms with E-state index in [2.05, 4.69) is 10.3 Å². The van der Waals surface area contributed by atoms with Crippen LogP contribution in [-0.4, -0.2) is 17.4 Å². The fraction of sp³-hybridized carbons (Fsp3) is 0.474. The molecule has 1 amide bonds. The lowest BCUT2D eigenvalue weighted by Crippen LogP contribution is -2.36. The molecule has 24 heavy (non-hydrogen) atoms. The van der Waals surface area contributed by atoms with E-state index in [0.29, 0.717) is 18.9 Å². The first-order valence-electron chi connectivity index (χ1n) is 8.63. The zero-order valence-corrected chi connectivity index (χ0v) is 14.2. The molecule has 0 spiro atoms. The van der Waals surface area contributed by atoms with Gasteiger partial charge in [-0.05, 0) is 49.1 Å². The highest BCUT2D eigenvalue weighted by Crippen LogP contribution is 2.38. The first-order chi connectivity index (χ1) is 11.6. The molecular weight excluding hydrogens is 302 g/mol. The third kappa shape index (κ3) is 3.85. The molecule has 1 aromatic carbocycles.